The van der Waals surface area contributed by atoms with Crippen molar-refractivity contribution in [1.29, 1.82) is 0 Å². The van der Waals surface area contributed by atoms with Crippen molar-refractivity contribution in [2.75, 3.05) is 37.7 Å². The molecule has 3 aliphatic heterocycles. The normalized spacial score (nSPS) is 20.5. The van der Waals surface area contributed by atoms with Gasteiger partial charge in [-0.2, -0.15) is 0 Å². The van der Waals surface area contributed by atoms with Crippen LogP contribution in [0.25, 0.3) is 0 Å². The Morgan fingerprint density at radius 3 is 2.47 bits per heavy atom. The van der Waals surface area contributed by atoms with E-state index in [1.165, 1.54) is 0 Å². The SMILES string of the molecule is CC(=O)N1CCCC(COc2ccc(C(=O)N3CCC(N4C(=O)OCc5ccccc54)CC3)cc2)C1. The van der Waals surface area contributed by atoms with Crippen LogP contribution in [0.5, 0.6) is 5.75 Å². The summed E-state index contributed by atoms with van der Waals surface area (Å²) >= 11 is 0. The third kappa shape index (κ3) is 5.17. The number of benzene rings is 2. The maximum Gasteiger partial charge on any atom is 0.414 e. The minimum atomic E-state index is -0.309. The fraction of sp³-hybridized carbons (Fsp3) is 0.464. The molecule has 0 aliphatic carbocycles. The Morgan fingerprint density at radius 1 is 0.972 bits per heavy atom. The van der Waals surface area contributed by atoms with Gasteiger partial charge in [0.2, 0.25) is 5.91 Å². The number of hydrogen-bond acceptors (Lipinski definition) is 5. The predicted octanol–water partition coefficient (Wildman–Crippen LogP) is 4.09. The Hall–Kier alpha value is -3.55. The van der Waals surface area contributed by atoms with Gasteiger partial charge in [-0.15, -0.1) is 0 Å². The number of ether oxygens (including phenoxy) is 2. The van der Waals surface area contributed by atoms with Crippen molar-refractivity contribution < 1.29 is 23.9 Å². The summed E-state index contributed by atoms with van der Waals surface area (Å²) in [6.45, 7) is 5.22. The molecule has 3 heterocycles. The Labute approximate surface area is 211 Å². The lowest BCUT2D eigenvalue weighted by atomic mass is 9.99. The minimum Gasteiger partial charge on any atom is -0.493 e. The maximum atomic E-state index is 13.1. The van der Waals surface area contributed by atoms with Crippen molar-refractivity contribution in [1.82, 2.24) is 9.80 Å². The highest BCUT2D eigenvalue weighted by Crippen LogP contribution is 2.32. The molecule has 2 fully saturated rings. The zero-order valence-electron chi connectivity index (χ0n) is 20.7. The van der Waals surface area contributed by atoms with Crippen molar-refractivity contribution in [2.24, 2.45) is 5.92 Å². The van der Waals surface area contributed by atoms with Gasteiger partial charge in [0.15, 0.2) is 0 Å². The number of amides is 3. The van der Waals surface area contributed by atoms with Crippen LogP contribution in [0.2, 0.25) is 0 Å². The standard InChI is InChI=1S/C28H33N3O5/c1-20(32)30-14-4-5-21(17-30)18-35-25-10-8-22(9-11-25)27(33)29-15-12-24(13-16-29)31-26-7-3-2-6-23(26)19-36-28(31)34/h2-3,6-11,21,24H,4-5,12-19H2,1H3. The number of carbonyl (C=O) groups is 3. The minimum absolute atomic E-state index is 0.00833. The van der Waals surface area contributed by atoms with Gasteiger partial charge in [0, 0.05) is 56.2 Å². The first kappa shape index (κ1) is 24.2. The molecule has 0 radical (unpaired) electrons. The van der Waals surface area contributed by atoms with Crippen LogP contribution in [0.3, 0.4) is 0 Å². The second-order valence-electron chi connectivity index (χ2n) is 9.89. The first-order valence-corrected chi connectivity index (χ1v) is 12.8. The number of anilines is 1. The summed E-state index contributed by atoms with van der Waals surface area (Å²) in [5.41, 5.74) is 2.55. The number of rotatable bonds is 5. The average molecular weight is 492 g/mol. The highest BCUT2D eigenvalue weighted by Gasteiger charge is 2.35. The molecular formula is C28H33N3O5. The van der Waals surface area contributed by atoms with Crippen molar-refractivity contribution in [3.05, 3.63) is 59.7 Å². The molecule has 2 saturated heterocycles. The molecule has 2 aromatic carbocycles. The first-order valence-electron chi connectivity index (χ1n) is 12.8. The first-order chi connectivity index (χ1) is 17.5. The largest absolute Gasteiger partial charge is 0.493 e. The van der Waals surface area contributed by atoms with E-state index in [1.54, 1.807) is 11.8 Å². The molecule has 3 aliphatic rings. The third-order valence-electron chi connectivity index (χ3n) is 7.47. The van der Waals surface area contributed by atoms with Gasteiger partial charge in [0.05, 0.1) is 12.3 Å². The lowest BCUT2D eigenvalue weighted by Crippen LogP contribution is -2.50. The number of hydrogen-bond donors (Lipinski definition) is 0. The molecule has 0 aromatic heterocycles. The summed E-state index contributed by atoms with van der Waals surface area (Å²) in [7, 11) is 0. The lowest BCUT2D eigenvalue weighted by molar-refractivity contribution is -0.130. The van der Waals surface area contributed by atoms with Crippen LogP contribution < -0.4 is 9.64 Å². The van der Waals surface area contributed by atoms with Crippen molar-refractivity contribution in [3.63, 3.8) is 0 Å². The number of carbonyl (C=O) groups excluding carboxylic acids is 3. The van der Waals surface area contributed by atoms with Gasteiger partial charge in [-0.25, -0.2) is 4.79 Å². The number of fused-ring (bicyclic) bond motifs is 1. The summed E-state index contributed by atoms with van der Waals surface area (Å²) in [5.74, 6) is 1.17. The number of piperidine rings is 2. The van der Waals surface area contributed by atoms with Crippen LogP contribution in [0.1, 0.15) is 48.5 Å². The highest BCUT2D eigenvalue weighted by atomic mass is 16.6. The highest BCUT2D eigenvalue weighted by molar-refractivity contribution is 5.94. The summed E-state index contributed by atoms with van der Waals surface area (Å²) in [6, 6.07) is 15.1. The molecule has 2 aromatic rings. The van der Waals surface area contributed by atoms with Crippen LogP contribution in [0, 0.1) is 5.92 Å². The molecule has 0 saturated carbocycles. The van der Waals surface area contributed by atoms with Gasteiger partial charge in [0.25, 0.3) is 5.91 Å². The van der Waals surface area contributed by atoms with Crippen molar-refractivity contribution >= 4 is 23.6 Å². The topological polar surface area (TPSA) is 79.4 Å². The van der Waals surface area contributed by atoms with E-state index in [9.17, 15) is 14.4 Å². The lowest BCUT2D eigenvalue weighted by Gasteiger charge is -2.40. The summed E-state index contributed by atoms with van der Waals surface area (Å²) in [6.07, 6.45) is 3.15. The third-order valence-corrected chi connectivity index (χ3v) is 7.47. The fourth-order valence-corrected chi connectivity index (χ4v) is 5.43. The zero-order valence-corrected chi connectivity index (χ0v) is 20.7. The van der Waals surface area contributed by atoms with Crippen molar-refractivity contribution in [3.8, 4) is 5.75 Å². The van der Waals surface area contributed by atoms with Crippen molar-refractivity contribution in [2.45, 2.75) is 45.3 Å². The van der Waals surface area contributed by atoms with Gasteiger partial charge < -0.3 is 19.3 Å². The molecule has 8 nitrogen and oxygen atoms in total. The van der Waals surface area contributed by atoms with E-state index >= 15 is 0 Å². The molecule has 1 unspecified atom stereocenters. The molecule has 36 heavy (non-hydrogen) atoms. The molecule has 1 atom stereocenters. The number of para-hydroxylation sites is 1. The second-order valence-corrected chi connectivity index (χ2v) is 9.89. The Kier molecular flexibility index (Phi) is 7.11. The van der Waals surface area contributed by atoms with Crippen LogP contribution in [0.4, 0.5) is 10.5 Å². The molecule has 0 spiro atoms. The van der Waals surface area contributed by atoms with E-state index in [0.29, 0.717) is 50.6 Å². The van der Waals surface area contributed by atoms with Crippen LogP contribution >= 0.6 is 0 Å². The van der Waals surface area contributed by atoms with Gasteiger partial charge in [0.1, 0.15) is 12.4 Å². The molecular weight excluding hydrogens is 458 g/mol. The van der Waals surface area contributed by atoms with Crippen LogP contribution in [0.15, 0.2) is 48.5 Å². The van der Waals surface area contributed by atoms with E-state index in [0.717, 1.165) is 42.9 Å². The molecule has 0 bridgehead atoms. The van der Waals surface area contributed by atoms with Crippen LogP contribution in [-0.2, 0) is 16.1 Å². The molecule has 8 heteroatoms. The Balaban J connectivity index is 1.14. The van der Waals surface area contributed by atoms with Crippen LogP contribution in [-0.4, -0.2) is 66.5 Å². The number of likely N-dealkylation sites (tertiary alicyclic amines) is 2. The molecule has 190 valence electrons. The predicted molar refractivity (Wildman–Crippen MR) is 135 cm³/mol. The number of cyclic esters (lactones) is 1. The zero-order chi connectivity index (χ0) is 25.1. The quantitative estimate of drug-likeness (QED) is 0.630. The van der Waals surface area contributed by atoms with E-state index in [2.05, 4.69) is 0 Å². The van der Waals surface area contributed by atoms with E-state index < -0.39 is 0 Å². The fourth-order valence-electron chi connectivity index (χ4n) is 5.43. The smallest absolute Gasteiger partial charge is 0.414 e. The molecule has 0 N–H and O–H groups in total. The van der Waals surface area contributed by atoms with E-state index in [-0.39, 0.29) is 23.9 Å². The summed E-state index contributed by atoms with van der Waals surface area (Å²) in [4.78, 5) is 42.8. The molecule has 5 rings (SSSR count). The van der Waals surface area contributed by atoms with Gasteiger partial charge >= 0.3 is 6.09 Å². The van der Waals surface area contributed by atoms with Gasteiger partial charge in [-0.1, -0.05) is 18.2 Å². The number of nitrogens with zero attached hydrogens (tertiary/aromatic N) is 3. The van der Waals surface area contributed by atoms with Gasteiger partial charge in [-0.3, -0.25) is 14.5 Å². The molecule has 3 amide bonds. The van der Waals surface area contributed by atoms with Gasteiger partial charge in [-0.05, 0) is 56.0 Å². The summed E-state index contributed by atoms with van der Waals surface area (Å²) < 4.78 is 11.3. The van der Waals surface area contributed by atoms with E-state index in [1.807, 2.05) is 58.3 Å². The maximum absolute atomic E-state index is 13.1. The Morgan fingerprint density at radius 2 is 1.72 bits per heavy atom. The van der Waals surface area contributed by atoms with E-state index in [4.69, 9.17) is 9.47 Å². The monoisotopic (exact) mass is 491 g/mol. The average Bonchev–Trinajstić information content (AvgIpc) is 2.92. The second kappa shape index (κ2) is 10.6. The summed E-state index contributed by atoms with van der Waals surface area (Å²) in [5, 5.41) is 0. The Bertz CT molecular complexity index is 1110.